The zero-order chi connectivity index (χ0) is 6.69. The lowest BCUT2D eigenvalue weighted by Gasteiger charge is -2.20. The summed E-state index contributed by atoms with van der Waals surface area (Å²) in [7, 11) is 1.61. The van der Waals surface area contributed by atoms with E-state index in [1.165, 1.54) is 0 Å². The molecular weight excluding hydrogens is 104 g/mol. The van der Waals surface area contributed by atoms with Crippen LogP contribution in [0.2, 0.25) is 0 Å². The van der Waals surface area contributed by atoms with Crippen molar-refractivity contribution in [2.24, 2.45) is 0 Å². The molecule has 0 aliphatic carbocycles. The Morgan fingerprint density at radius 3 is 3.25 bits per heavy atom. The molecule has 0 N–H and O–H groups in total. The Kier molecular flexibility index (Phi) is 1.82. The van der Waals surface area contributed by atoms with Gasteiger partial charge in [-0.15, -0.1) is 0 Å². The number of methoxy groups -OCH3 is 1. The average molecular weight is 117 g/mol. The van der Waals surface area contributed by atoms with Crippen molar-refractivity contribution in [2.45, 2.75) is 25.5 Å². The Labute approximate surface area is 51.2 Å². The van der Waals surface area contributed by atoms with Gasteiger partial charge in [-0.3, -0.25) is 0 Å². The summed E-state index contributed by atoms with van der Waals surface area (Å²) < 4.78 is 17.4. The number of hydrogen-bond donors (Lipinski definition) is 0. The van der Waals surface area contributed by atoms with Crippen molar-refractivity contribution >= 4 is 0 Å². The molecule has 0 aromatic rings. The first-order chi connectivity index (χ1) is 4.33. The zero-order valence-corrected chi connectivity index (χ0v) is 5.09. The fourth-order valence-corrected chi connectivity index (χ4v) is 0.769. The van der Waals surface area contributed by atoms with Crippen molar-refractivity contribution in [2.75, 3.05) is 13.7 Å². The molecule has 0 aromatic heterocycles. The number of rotatable bonds is 1. The van der Waals surface area contributed by atoms with Crippen LogP contribution in [0.4, 0.5) is 0 Å². The second-order valence-electron chi connectivity index (χ2n) is 1.85. The molecule has 8 heavy (non-hydrogen) atoms. The maximum Gasteiger partial charge on any atom is 0.157 e. The summed E-state index contributed by atoms with van der Waals surface area (Å²) in [5.41, 5.74) is 0. The van der Waals surface area contributed by atoms with Crippen LogP contribution in [0.15, 0.2) is 0 Å². The van der Waals surface area contributed by atoms with Gasteiger partial charge in [0.05, 0.1) is 0 Å². The minimum atomic E-state index is -0.124. The van der Waals surface area contributed by atoms with Gasteiger partial charge in [0, 0.05) is 15.1 Å². The van der Waals surface area contributed by atoms with Crippen LogP contribution in [0.25, 0.3) is 0 Å². The van der Waals surface area contributed by atoms with Crippen LogP contribution in [-0.4, -0.2) is 20.0 Å². The molecule has 1 heterocycles. The summed E-state index contributed by atoms with van der Waals surface area (Å²) in [6, 6.07) is 0. The van der Waals surface area contributed by atoms with E-state index in [2.05, 4.69) is 0 Å². The highest BCUT2D eigenvalue weighted by atomic mass is 16.7. The van der Waals surface area contributed by atoms with E-state index < -0.39 is 0 Å². The quantitative estimate of drug-likeness (QED) is 0.513. The minimum absolute atomic E-state index is 0.0173. The van der Waals surface area contributed by atoms with Crippen LogP contribution in [-0.2, 0) is 9.47 Å². The van der Waals surface area contributed by atoms with Gasteiger partial charge in [0.25, 0.3) is 0 Å². The van der Waals surface area contributed by atoms with Gasteiger partial charge >= 0.3 is 0 Å². The molecular formula is C6H12O2. The van der Waals surface area contributed by atoms with Crippen LogP contribution in [0.1, 0.15) is 20.6 Å². The maximum atomic E-state index is 7.35. The summed E-state index contributed by atoms with van der Waals surface area (Å²) in [5, 5.41) is 0. The molecule has 2 unspecified atom stereocenters. The standard InChI is InChI=1S/C6H12O2/c1-7-6-4-2-3-5-8-6/h6H,2-5H2,1H3/i2D. The molecule has 0 bridgehead atoms. The van der Waals surface area contributed by atoms with Crippen LogP contribution < -0.4 is 0 Å². The highest BCUT2D eigenvalue weighted by Crippen LogP contribution is 2.11. The van der Waals surface area contributed by atoms with Crippen LogP contribution in [0, 0.1) is 0 Å². The van der Waals surface area contributed by atoms with Crippen molar-refractivity contribution in [3.63, 3.8) is 0 Å². The summed E-state index contributed by atoms with van der Waals surface area (Å²) >= 11 is 0. The third-order valence-electron chi connectivity index (χ3n) is 1.25. The molecule has 48 valence electrons. The van der Waals surface area contributed by atoms with Gasteiger partial charge in [-0.2, -0.15) is 0 Å². The second-order valence-corrected chi connectivity index (χ2v) is 1.85. The van der Waals surface area contributed by atoms with Gasteiger partial charge in [0.1, 0.15) is 0 Å². The fourth-order valence-electron chi connectivity index (χ4n) is 0.769. The molecule has 0 aromatic carbocycles. The third kappa shape index (κ3) is 1.46. The Balaban J connectivity index is 2.23. The van der Waals surface area contributed by atoms with Gasteiger partial charge in [-0.1, -0.05) is 0 Å². The summed E-state index contributed by atoms with van der Waals surface area (Å²) in [6.45, 7) is 0.673. The number of ether oxygens (including phenoxy) is 2. The van der Waals surface area contributed by atoms with E-state index in [1.54, 1.807) is 7.11 Å². The van der Waals surface area contributed by atoms with Gasteiger partial charge in [0.2, 0.25) is 0 Å². The largest absolute Gasteiger partial charge is 0.356 e. The van der Waals surface area contributed by atoms with Crippen LogP contribution >= 0.6 is 0 Å². The highest BCUT2D eigenvalue weighted by molar-refractivity contribution is 4.52. The first kappa shape index (κ1) is 4.77. The summed E-state index contributed by atoms with van der Waals surface area (Å²) in [5.74, 6) is 0. The minimum Gasteiger partial charge on any atom is -0.356 e. The molecule has 1 saturated heterocycles. The molecule has 0 radical (unpaired) electrons. The molecule has 1 fully saturated rings. The second kappa shape index (κ2) is 3.05. The average Bonchev–Trinajstić information content (AvgIpc) is 1.88. The normalized spacial score (nSPS) is 41.4. The van der Waals surface area contributed by atoms with E-state index in [1.807, 2.05) is 0 Å². The van der Waals surface area contributed by atoms with E-state index in [9.17, 15) is 0 Å². The smallest absolute Gasteiger partial charge is 0.157 e. The lowest BCUT2D eigenvalue weighted by Crippen LogP contribution is -2.20. The van der Waals surface area contributed by atoms with E-state index in [4.69, 9.17) is 10.8 Å². The predicted octanol–water partition coefficient (Wildman–Crippen LogP) is 1.16. The lowest BCUT2D eigenvalue weighted by atomic mass is 10.2. The zero-order valence-electron chi connectivity index (χ0n) is 6.09. The monoisotopic (exact) mass is 117 g/mol. The van der Waals surface area contributed by atoms with Gasteiger partial charge in [-0.25, -0.2) is 0 Å². The van der Waals surface area contributed by atoms with E-state index in [-0.39, 0.29) is 12.7 Å². The van der Waals surface area contributed by atoms with Crippen molar-refractivity contribution in [1.82, 2.24) is 0 Å². The SMILES string of the molecule is [2H]C1CCOC(OC)C1. The molecule has 2 heteroatoms. The van der Waals surface area contributed by atoms with Crippen molar-refractivity contribution in [3.8, 4) is 0 Å². The summed E-state index contributed by atoms with van der Waals surface area (Å²) in [6.07, 6.45) is 1.46. The Morgan fingerprint density at radius 1 is 1.88 bits per heavy atom. The first-order valence-electron chi connectivity index (χ1n) is 3.47. The molecule has 1 aliphatic rings. The van der Waals surface area contributed by atoms with Gasteiger partial charge < -0.3 is 9.47 Å². The Morgan fingerprint density at radius 2 is 2.75 bits per heavy atom. The van der Waals surface area contributed by atoms with Crippen molar-refractivity contribution in [1.29, 1.82) is 0 Å². The highest BCUT2D eigenvalue weighted by Gasteiger charge is 2.10. The Hall–Kier alpha value is -0.0800. The van der Waals surface area contributed by atoms with E-state index in [0.29, 0.717) is 6.61 Å². The fraction of sp³-hybridized carbons (Fsp3) is 1.00. The molecule has 2 nitrogen and oxygen atoms in total. The van der Waals surface area contributed by atoms with Crippen molar-refractivity contribution in [3.05, 3.63) is 0 Å². The Bertz CT molecular complexity index is 87.1. The van der Waals surface area contributed by atoms with E-state index >= 15 is 0 Å². The molecule has 0 amide bonds. The molecule has 0 spiro atoms. The number of hydrogen-bond acceptors (Lipinski definition) is 2. The predicted molar refractivity (Wildman–Crippen MR) is 30.6 cm³/mol. The van der Waals surface area contributed by atoms with Crippen LogP contribution in [0.3, 0.4) is 0 Å². The maximum absolute atomic E-state index is 7.35. The topological polar surface area (TPSA) is 18.5 Å². The van der Waals surface area contributed by atoms with E-state index in [0.717, 1.165) is 12.8 Å². The van der Waals surface area contributed by atoms with Crippen molar-refractivity contribution < 1.29 is 10.8 Å². The van der Waals surface area contributed by atoms with Gasteiger partial charge in [0.15, 0.2) is 6.29 Å². The first-order valence-corrected chi connectivity index (χ1v) is 2.89. The third-order valence-corrected chi connectivity index (χ3v) is 1.25. The summed E-state index contributed by atoms with van der Waals surface area (Å²) in [4.78, 5) is 0. The molecule has 0 saturated carbocycles. The molecule has 2 atom stereocenters. The molecule has 1 aliphatic heterocycles. The van der Waals surface area contributed by atoms with Crippen LogP contribution in [0.5, 0.6) is 0 Å². The van der Waals surface area contributed by atoms with Gasteiger partial charge in [-0.05, 0) is 19.2 Å². The molecule has 1 rings (SSSR count). The lowest BCUT2D eigenvalue weighted by molar-refractivity contribution is -0.145.